The van der Waals surface area contributed by atoms with E-state index in [1.807, 2.05) is 34.2 Å². The first-order chi connectivity index (χ1) is 9.20. The lowest BCUT2D eigenvalue weighted by molar-refractivity contribution is -0.115. The van der Waals surface area contributed by atoms with Crippen molar-refractivity contribution in [1.82, 2.24) is 9.38 Å². The van der Waals surface area contributed by atoms with E-state index in [0.29, 0.717) is 12.2 Å². The van der Waals surface area contributed by atoms with Crippen LogP contribution in [-0.2, 0) is 11.2 Å². The molecule has 3 heterocycles. The van der Waals surface area contributed by atoms with Crippen LogP contribution in [0.1, 0.15) is 5.56 Å². The Morgan fingerprint density at radius 3 is 3.16 bits per heavy atom. The summed E-state index contributed by atoms with van der Waals surface area (Å²) in [5, 5.41) is 4.70. The second-order valence-electron chi connectivity index (χ2n) is 4.54. The number of rotatable bonds is 1. The first-order valence-corrected chi connectivity index (χ1v) is 6.74. The van der Waals surface area contributed by atoms with Gasteiger partial charge in [0.1, 0.15) is 5.82 Å². The van der Waals surface area contributed by atoms with Gasteiger partial charge in [-0.2, -0.15) is 0 Å². The number of hydrogen-bond acceptors (Lipinski definition) is 4. The van der Waals surface area contributed by atoms with E-state index in [1.54, 1.807) is 0 Å². The summed E-state index contributed by atoms with van der Waals surface area (Å²) >= 11 is 1.52. The molecule has 6 heteroatoms. The van der Waals surface area contributed by atoms with Gasteiger partial charge in [0.15, 0.2) is 4.96 Å². The third-order valence-electron chi connectivity index (χ3n) is 3.26. The molecule has 3 aromatic rings. The van der Waals surface area contributed by atoms with Crippen molar-refractivity contribution in [2.24, 2.45) is 0 Å². The van der Waals surface area contributed by atoms with Crippen molar-refractivity contribution in [3.63, 3.8) is 0 Å². The largest absolute Gasteiger partial charge is 0.384 e. The Bertz CT molecular complexity index is 817. The van der Waals surface area contributed by atoms with Crippen LogP contribution in [0.4, 0.5) is 11.5 Å². The second kappa shape index (κ2) is 3.58. The minimum absolute atomic E-state index is 0.0437. The predicted molar refractivity (Wildman–Crippen MR) is 75.3 cm³/mol. The van der Waals surface area contributed by atoms with Gasteiger partial charge in [-0.1, -0.05) is 6.07 Å². The normalized spacial score (nSPS) is 13.8. The van der Waals surface area contributed by atoms with Crippen molar-refractivity contribution >= 4 is 33.7 Å². The van der Waals surface area contributed by atoms with Crippen molar-refractivity contribution < 1.29 is 4.79 Å². The molecule has 1 aliphatic rings. The number of fused-ring (bicyclic) bond motifs is 2. The predicted octanol–water partition coefficient (Wildman–Crippen LogP) is 2.14. The summed E-state index contributed by atoms with van der Waals surface area (Å²) < 4.78 is 1.87. The zero-order valence-corrected chi connectivity index (χ0v) is 10.7. The summed E-state index contributed by atoms with van der Waals surface area (Å²) in [6, 6.07) is 5.90. The lowest BCUT2D eigenvalue weighted by Gasteiger charge is -2.01. The SMILES string of the molecule is Nc1csc2nc(-c3ccc4c(c3)CC(=O)N4)cn12. The van der Waals surface area contributed by atoms with Crippen LogP contribution in [0, 0.1) is 0 Å². The summed E-state index contributed by atoms with van der Waals surface area (Å²) in [6.45, 7) is 0. The molecule has 0 atom stereocenters. The van der Waals surface area contributed by atoms with Crippen LogP contribution >= 0.6 is 11.3 Å². The molecule has 94 valence electrons. The summed E-state index contributed by atoms with van der Waals surface area (Å²) in [6.07, 6.45) is 2.36. The average molecular weight is 270 g/mol. The summed E-state index contributed by atoms with van der Waals surface area (Å²) in [4.78, 5) is 16.8. The van der Waals surface area contributed by atoms with E-state index in [4.69, 9.17) is 5.73 Å². The van der Waals surface area contributed by atoms with Crippen molar-refractivity contribution in [3.05, 3.63) is 35.3 Å². The number of hydrogen-bond donors (Lipinski definition) is 2. The van der Waals surface area contributed by atoms with Crippen LogP contribution in [-0.4, -0.2) is 15.3 Å². The highest BCUT2D eigenvalue weighted by molar-refractivity contribution is 7.15. The van der Waals surface area contributed by atoms with Crippen molar-refractivity contribution in [3.8, 4) is 11.3 Å². The Morgan fingerprint density at radius 1 is 1.42 bits per heavy atom. The third-order valence-corrected chi connectivity index (χ3v) is 4.12. The van der Waals surface area contributed by atoms with Gasteiger partial charge in [0.2, 0.25) is 5.91 Å². The molecule has 3 N–H and O–H groups in total. The lowest BCUT2D eigenvalue weighted by atomic mass is 10.1. The van der Waals surface area contributed by atoms with E-state index in [-0.39, 0.29) is 5.91 Å². The molecule has 4 rings (SSSR count). The fourth-order valence-corrected chi connectivity index (χ4v) is 3.09. The Morgan fingerprint density at radius 2 is 2.32 bits per heavy atom. The summed E-state index contributed by atoms with van der Waals surface area (Å²) in [5.41, 5.74) is 9.65. The van der Waals surface area contributed by atoms with Gasteiger partial charge in [-0.25, -0.2) is 4.98 Å². The van der Waals surface area contributed by atoms with Crippen molar-refractivity contribution in [2.45, 2.75) is 6.42 Å². The van der Waals surface area contributed by atoms with Gasteiger partial charge < -0.3 is 11.1 Å². The molecule has 1 aliphatic heterocycles. The van der Waals surface area contributed by atoms with Crippen LogP contribution in [0.2, 0.25) is 0 Å². The number of thiazole rings is 1. The number of aromatic nitrogens is 2. The van der Waals surface area contributed by atoms with Gasteiger partial charge in [0.25, 0.3) is 0 Å². The number of nitrogens with one attached hydrogen (secondary N) is 1. The van der Waals surface area contributed by atoms with Crippen LogP contribution in [0.25, 0.3) is 16.2 Å². The smallest absolute Gasteiger partial charge is 0.228 e. The lowest BCUT2D eigenvalue weighted by Crippen LogP contribution is -2.03. The summed E-state index contributed by atoms with van der Waals surface area (Å²) in [7, 11) is 0. The summed E-state index contributed by atoms with van der Waals surface area (Å²) in [5.74, 6) is 0.735. The number of nitrogen functional groups attached to an aromatic ring is 1. The van der Waals surface area contributed by atoms with Crippen molar-refractivity contribution in [1.29, 1.82) is 0 Å². The van der Waals surface area contributed by atoms with Crippen LogP contribution < -0.4 is 11.1 Å². The number of carbonyl (C=O) groups is 1. The fraction of sp³-hybridized carbons (Fsp3) is 0.0769. The Balaban J connectivity index is 1.84. The molecule has 0 fully saturated rings. The standard InChI is InChI=1S/C13H10N4OS/c14-11-6-19-13-16-10(5-17(11)13)7-1-2-9-8(3-7)4-12(18)15-9/h1-3,5-6H,4,14H2,(H,15,18). The minimum Gasteiger partial charge on any atom is -0.384 e. The topological polar surface area (TPSA) is 72.4 Å². The number of nitrogens with zero attached hydrogens (tertiary/aromatic N) is 2. The van der Waals surface area contributed by atoms with E-state index in [1.165, 1.54) is 11.3 Å². The number of anilines is 2. The number of amides is 1. The van der Waals surface area contributed by atoms with Gasteiger partial charge in [0.05, 0.1) is 12.1 Å². The Hall–Kier alpha value is -2.34. The second-order valence-corrected chi connectivity index (χ2v) is 5.37. The molecule has 0 radical (unpaired) electrons. The molecule has 0 saturated heterocycles. The van der Waals surface area contributed by atoms with E-state index < -0.39 is 0 Å². The van der Waals surface area contributed by atoms with Gasteiger partial charge in [0, 0.05) is 22.8 Å². The zero-order chi connectivity index (χ0) is 13.0. The fourth-order valence-electron chi connectivity index (χ4n) is 2.33. The first-order valence-electron chi connectivity index (χ1n) is 5.86. The maximum Gasteiger partial charge on any atom is 0.228 e. The highest BCUT2D eigenvalue weighted by Gasteiger charge is 2.18. The van der Waals surface area contributed by atoms with E-state index in [9.17, 15) is 4.79 Å². The average Bonchev–Trinajstić information content (AvgIpc) is 3.03. The molecule has 0 aliphatic carbocycles. The third kappa shape index (κ3) is 1.53. The van der Waals surface area contributed by atoms with Gasteiger partial charge in [-0.3, -0.25) is 9.20 Å². The zero-order valence-electron chi connectivity index (χ0n) is 9.88. The van der Waals surface area contributed by atoms with E-state index in [2.05, 4.69) is 10.3 Å². The van der Waals surface area contributed by atoms with Crippen LogP contribution in [0.15, 0.2) is 29.8 Å². The molecule has 2 aromatic heterocycles. The van der Waals surface area contributed by atoms with Gasteiger partial charge in [-0.05, 0) is 17.7 Å². The Labute approximate surface area is 112 Å². The highest BCUT2D eigenvalue weighted by Crippen LogP contribution is 2.30. The van der Waals surface area contributed by atoms with Gasteiger partial charge >= 0.3 is 0 Å². The van der Waals surface area contributed by atoms with Crippen molar-refractivity contribution in [2.75, 3.05) is 11.1 Å². The maximum atomic E-state index is 11.3. The van der Waals surface area contributed by atoms with E-state index in [0.717, 1.165) is 27.5 Å². The van der Waals surface area contributed by atoms with Crippen LogP contribution in [0.5, 0.6) is 0 Å². The number of carbonyl (C=O) groups excluding carboxylic acids is 1. The number of benzene rings is 1. The highest BCUT2D eigenvalue weighted by atomic mass is 32.1. The molecule has 1 amide bonds. The number of imidazole rings is 1. The molecule has 0 bridgehead atoms. The Kier molecular flexibility index (Phi) is 1.99. The molecular formula is C13H10N4OS. The number of nitrogens with two attached hydrogens (primary N) is 1. The molecule has 0 spiro atoms. The van der Waals surface area contributed by atoms with Crippen LogP contribution in [0.3, 0.4) is 0 Å². The molecule has 19 heavy (non-hydrogen) atoms. The molecule has 1 aromatic carbocycles. The molecule has 0 unspecified atom stereocenters. The molecular weight excluding hydrogens is 260 g/mol. The monoisotopic (exact) mass is 270 g/mol. The first kappa shape index (κ1) is 10.6. The van der Waals surface area contributed by atoms with E-state index >= 15 is 0 Å². The molecule has 0 saturated carbocycles. The minimum atomic E-state index is 0.0437. The maximum absolute atomic E-state index is 11.3. The molecule has 5 nitrogen and oxygen atoms in total. The quantitative estimate of drug-likeness (QED) is 0.711. The van der Waals surface area contributed by atoms with Gasteiger partial charge in [-0.15, -0.1) is 11.3 Å².